The van der Waals surface area contributed by atoms with E-state index >= 15 is 0 Å². The Balaban J connectivity index is 1.66. The minimum absolute atomic E-state index is 0.0187. The van der Waals surface area contributed by atoms with Crippen molar-refractivity contribution >= 4 is 41.0 Å². The van der Waals surface area contributed by atoms with Crippen molar-refractivity contribution in [2.45, 2.75) is 50.4 Å². The Labute approximate surface area is 237 Å². The highest BCUT2D eigenvalue weighted by Gasteiger charge is 2.40. The lowest BCUT2D eigenvalue weighted by atomic mass is 9.87. The molecule has 7 nitrogen and oxygen atoms in total. The summed E-state index contributed by atoms with van der Waals surface area (Å²) < 4.78 is 21.6. The Morgan fingerprint density at radius 1 is 1.23 bits per heavy atom. The van der Waals surface area contributed by atoms with Crippen molar-refractivity contribution in [3.05, 3.63) is 76.2 Å². The van der Waals surface area contributed by atoms with Gasteiger partial charge in [0.2, 0.25) is 11.8 Å². The van der Waals surface area contributed by atoms with Gasteiger partial charge in [0.1, 0.15) is 18.2 Å². The molecule has 206 valence electrons. The molecule has 3 aromatic rings. The first-order valence-electron chi connectivity index (χ1n) is 13.1. The molecule has 0 saturated carbocycles. The Morgan fingerprint density at radius 3 is 2.72 bits per heavy atom. The largest absolute Gasteiger partial charge is 0.376 e. The maximum atomic E-state index is 14.4. The van der Waals surface area contributed by atoms with Crippen molar-refractivity contribution < 1.29 is 18.7 Å². The van der Waals surface area contributed by atoms with E-state index in [4.69, 9.17) is 21.4 Å². The van der Waals surface area contributed by atoms with E-state index in [-0.39, 0.29) is 35.5 Å². The molecule has 2 aliphatic rings. The quantitative estimate of drug-likeness (QED) is 0.428. The molecule has 2 atom stereocenters. The van der Waals surface area contributed by atoms with Crippen LogP contribution in [0.1, 0.15) is 55.7 Å². The summed E-state index contributed by atoms with van der Waals surface area (Å²) in [7, 11) is 0. The third-order valence-corrected chi connectivity index (χ3v) is 8.47. The number of benzene rings is 2. The average molecular weight is 571 g/mol. The van der Waals surface area contributed by atoms with Gasteiger partial charge < -0.3 is 10.1 Å². The number of fused-ring (bicyclic) bond motifs is 1. The molecular formula is C29H32ClFN4O3S. The molecule has 5 rings (SSSR count). The van der Waals surface area contributed by atoms with Gasteiger partial charge in [-0.05, 0) is 42.7 Å². The van der Waals surface area contributed by atoms with Gasteiger partial charge in [0.25, 0.3) is 0 Å². The normalized spacial score (nSPS) is 19.6. The highest BCUT2D eigenvalue weighted by Crippen LogP contribution is 2.49. The van der Waals surface area contributed by atoms with Gasteiger partial charge in [-0.1, -0.05) is 56.6 Å². The molecule has 39 heavy (non-hydrogen) atoms. The predicted octanol–water partition coefficient (Wildman–Crippen LogP) is 5.43. The molecule has 1 saturated heterocycles. The van der Waals surface area contributed by atoms with Gasteiger partial charge in [0.15, 0.2) is 0 Å². The second-order valence-electron chi connectivity index (χ2n) is 10.9. The lowest BCUT2D eigenvalue weighted by Crippen LogP contribution is -2.44. The van der Waals surface area contributed by atoms with Crippen molar-refractivity contribution in [2.75, 3.05) is 30.3 Å². The summed E-state index contributed by atoms with van der Waals surface area (Å²) in [6.45, 7) is 7.03. The molecule has 0 radical (unpaired) electrons. The van der Waals surface area contributed by atoms with Crippen LogP contribution in [0, 0.1) is 5.82 Å². The summed E-state index contributed by atoms with van der Waals surface area (Å²) in [4.78, 5) is 28.3. The first kappa shape index (κ1) is 27.7. The number of hydrogen-bond donors (Lipinski definition) is 1. The summed E-state index contributed by atoms with van der Waals surface area (Å²) in [5.41, 5.74) is 2.43. The summed E-state index contributed by atoms with van der Waals surface area (Å²) >= 11 is 8.14. The maximum Gasteiger partial charge on any atom is 0.240 e. The molecule has 1 aromatic heterocycles. The monoisotopic (exact) mass is 570 g/mol. The van der Waals surface area contributed by atoms with Crippen molar-refractivity contribution in [3.8, 4) is 5.69 Å². The zero-order chi connectivity index (χ0) is 27.7. The van der Waals surface area contributed by atoms with Gasteiger partial charge in [0.05, 0.1) is 28.5 Å². The van der Waals surface area contributed by atoms with Crippen molar-refractivity contribution in [1.82, 2.24) is 15.1 Å². The minimum atomic E-state index is -0.427. The van der Waals surface area contributed by atoms with Crippen LogP contribution in [0.5, 0.6) is 0 Å². The van der Waals surface area contributed by atoms with E-state index in [0.29, 0.717) is 29.7 Å². The lowest BCUT2D eigenvalue weighted by Gasteiger charge is -2.25. The number of hydrogen-bond acceptors (Lipinski definition) is 5. The molecule has 2 amide bonds. The molecule has 10 heteroatoms. The van der Waals surface area contributed by atoms with Crippen molar-refractivity contribution in [2.24, 2.45) is 0 Å². The standard InChI is InChI=1S/C29H32ClFN4O3S/c1-29(2,3)27-25-26(21-11-4-5-12-22(21)30)39-17-24(37)34(16-23(36)32-15-20-10-7-13-38-20)28(25)35(33-27)19-9-6-8-18(31)14-19/h4-6,8-9,11-12,14,20,26H,7,10,13,15-17H2,1-3H3,(H,32,36)/t20-,26-/m0/s1. The van der Waals surface area contributed by atoms with Gasteiger partial charge in [-0.3, -0.25) is 14.5 Å². The molecule has 1 N–H and O–H groups in total. The van der Waals surface area contributed by atoms with E-state index < -0.39 is 11.2 Å². The van der Waals surface area contributed by atoms with E-state index in [1.54, 1.807) is 16.8 Å². The molecule has 0 unspecified atom stereocenters. The first-order chi connectivity index (χ1) is 18.6. The van der Waals surface area contributed by atoms with E-state index in [1.165, 1.54) is 28.8 Å². The minimum Gasteiger partial charge on any atom is -0.376 e. The fourth-order valence-corrected chi connectivity index (χ4v) is 6.57. The van der Waals surface area contributed by atoms with Crippen LogP contribution in [0.2, 0.25) is 5.02 Å². The Kier molecular flexibility index (Phi) is 8.03. The van der Waals surface area contributed by atoms with Gasteiger partial charge in [-0.2, -0.15) is 5.10 Å². The topological polar surface area (TPSA) is 76.5 Å². The van der Waals surface area contributed by atoms with E-state index in [0.717, 1.165) is 29.7 Å². The summed E-state index contributed by atoms with van der Waals surface area (Å²) in [6.07, 6.45) is 1.84. The van der Waals surface area contributed by atoms with Crippen LogP contribution in [-0.2, 0) is 19.7 Å². The molecule has 0 spiro atoms. The highest BCUT2D eigenvalue weighted by atomic mass is 35.5. The van der Waals surface area contributed by atoms with Crippen LogP contribution in [-0.4, -0.2) is 53.1 Å². The molecule has 2 aliphatic heterocycles. The van der Waals surface area contributed by atoms with Crippen LogP contribution < -0.4 is 10.2 Å². The van der Waals surface area contributed by atoms with Crippen LogP contribution in [0.4, 0.5) is 10.2 Å². The smallest absolute Gasteiger partial charge is 0.240 e. The number of rotatable bonds is 6. The number of thioether (sulfide) groups is 1. The highest BCUT2D eigenvalue weighted by molar-refractivity contribution is 8.00. The fraction of sp³-hybridized carbons (Fsp3) is 0.414. The Hall–Kier alpha value is -2.88. The van der Waals surface area contributed by atoms with Gasteiger partial charge in [-0.15, -0.1) is 11.8 Å². The Bertz CT molecular complexity index is 1380. The lowest BCUT2D eigenvalue weighted by molar-refractivity contribution is -0.123. The van der Waals surface area contributed by atoms with Crippen LogP contribution in [0.15, 0.2) is 48.5 Å². The van der Waals surface area contributed by atoms with Gasteiger partial charge >= 0.3 is 0 Å². The van der Waals surface area contributed by atoms with Crippen molar-refractivity contribution in [1.29, 1.82) is 0 Å². The SMILES string of the molecule is CC(C)(C)c1nn(-c2cccc(F)c2)c2c1[C@H](c1ccccc1Cl)SCC(=O)N2CC(=O)NC[C@@H]1CCCO1. The fourth-order valence-electron chi connectivity index (χ4n) is 5.03. The zero-order valence-corrected chi connectivity index (χ0v) is 23.8. The molecule has 0 aliphatic carbocycles. The number of ether oxygens (including phenoxy) is 1. The van der Waals surface area contributed by atoms with Gasteiger partial charge in [0, 0.05) is 29.2 Å². The van der Waals surface area contributed by atoms with Crippen LogP contribution in [0.25, 0.3) is 5.69 Å². The van der Waals surface area contributed by atoms with E-state index in [9.17, 15) is 14.0 Å². The number of nitrogens with one attached hydrogen (secondary N) is 1. The summed E-state index contributed by atoms with van der Waals surface area (Å²) in [5, 5.41) is 8.15. The molecule has 3 heterocycles. The number of halogens is 2. The van der Waals surface area contributed by atoms with Crippen LogP contribution in [0.3, 0.4) is 0 Å². The number of anilines is 1. The average Bonchev–Trinajstić information content (AvgIpc) is 3.53. The second-order valence-corrected chi connectivity index (χ2v) is 12.4. The summed E-state index contributed by atoms with van der Waals surface area (Å²) in [5.74, 6) is -0.364. The van der Waals surface area contributed by atoms with Gasteiger partial charge in [-0.25, -0.2) is 9.07 Å². The first-order valence-corrected chi connectivity index (χ1v) is 14.5. The van der Waals surface area contributed by atoms with Crippen molar-refractivity contribution in [3.63, 3.8) is 0 Å². The predicted molar refractivity (Wildman–Crippen MR) is 152 cm³/mol. The Morgan fingerprint density at radius 2 is 2.03 bits per heavy atom. The second kappa shape index (κ2) is 11.3. The third kappa shape index (κ3) is 5.85. The maximum absolute atomic E-state index is 14.4. The summed E-state index contributed by atoms with van der Waals surface area (Å²) in [6, 6.07) is 13.6. The number of nitrogens with zero attached hydrogens (tertiary/aromatic N) is 3. The molecular weight excluding hydrogens is 539 g/mol. The van der Waals surface area contributed by atoms with Crippen LogP contribution >= 0.6 is 23.4 Å². The zero-order valence-electron chi connectivity index (χ0n) is 22.2. The molecule has 0 bridgehead atoms. The number of aromatic nitrogens is 2. The number of amides is 2. The molecule has 1 fully saturated rings. The van der Waals surface area contributed by atoms with E-state index in [2.05, 4.69) is 5.32 Å². The molecule has 2 aromatic carbocycles. The van der Waals surface area contributed by atoms with E-state index in [1.807, 2.05) is 45.0 Å². The number of carbonyl (C=O) groups excluding carboxylic acids is 2. The number of carbonyl (C=O) groups is 2. The third-order valence-electron chi connectivity index (χ3n) is 6.89.